The lowest BCUT2D eigenvalue weighted by Crippen LogP contribution is -2.39. The van der Waals surface area contributed by atoms with Gasteiger partial charge in [0.25, 0.3) is 15.7 Å². The molecule has 2 aliphatic rings. The molecule has 2 fully saturated rings. The lowest BCUT2D eigenvalue weighted by Gasteiger charge is -2.28. The lowest BCUT2D eigenvalue weighted by molar-refractivity contribution is -0.385. The second kappa shape index (κ2) is 50.2. The molecule has 0 spiro atoms. The minimum atomic E-state index is -4.60. The normalized spacial score (nSPS) is 13.8. The van der Waals surface area contributed by atoms with Crippen LogP contribution in [0.25, 0.3) is 10.9 Å². The van der Waals surface area contributed by atoms with Gasteiger partial charge in [0, 0.05) is 85.6 Å². The number of benzene rings is 7. The number of aromatic amines is 1. The average molecular weight is 1730 g/mol. The molecule has 7 aromatic carbocycles. The second-order valence-electron chi connectivity index (χ2n) is 29.5. The molecule has 2 atom stereocenters. The number of rotatable bonds is 15. The number of aryl methyl sites for hydroxylation is 10. The molecule has 27 heteroatoms. The summed E-state index contributed by atoms with van der Waals surface area (Å²) >= 11 is 5.57. The number of fused-ring (bicyclic) bond motifs is 1. The van der Waals surface area contributed by atoms with E-state index in [1.807, 2.05) is 145 Å². The zero-order valence-corrected chi connectivity index (χ0v) is 74.1. The Morgan fingerprint density at radius 3 is 1.74 bits per heavy atom. The Hall–Kier alpha value is -10.3. The molecule has 1 amide bonds. The highest BCUT2D eigenvalue weighted by Crippen LogP contribution is 2.37. The third kappa shape index (κ3) is 33.9. The first-order valence-corrected chi connectivity index (χ1v) is 42.5. The van der Waals surface area contributed by atoms with Gasteiger partial charge in [0.15, 0.2) is 5.79 Å². The third-order valence-corrected chi connectivity index (χ3v) is 21.3. The van der Waals surface area contributed by atoms with Crippen molar-refractivity contribution in [2.75, 3.05) is 13.2 Å². The number of ether oxygens (including phenoxy) is 3. The van der Waals surface area contributed by atoms with Crippen LogP contribution in [0.4, 0.5) is 45.6 Å². The number of alkyl halides is 6. The Bertz CT molecular complexity index is 4990. The molecule has 0 bridgehead atoms. The Morgan fingerprint density at radius 2 is 1.23 bits per heavy atom. The molecule has 3 N–H and O–H groups in total. The number of hydrogen-bond donors (Lipinski definition) is 3. The number of H-pyrrole nitrogens is 1. The molecule has 2 saturated heterocycles. The van der Waals surface area contributed by atoms with Gasteiger partial charge in [0.05, 0.1) is 45.2 Å². The van der Waals surface area contributed by atoms with Crippen molar-refractivity contribution in [3.8, 4) is 11.5 Å². The number of nitrogens with zero attached hydrogens (tertiary/aromatic N) is 6. The van der Waals surface area contributed by atoms with Crippen LogP contribution in [0.15, 0.2) is 212 Å². The number of halogens is 9. The number of nitrogens with one attached hydrogen (secondary N) is 1. The van der Waals surface area contributed by atoms with E-state index < -0.39 is 39.3 Å². The fourth-order valence-electron chi connectivity index (χ4n) is 12.4. The van der Waals surface area contributed by atoms with E-state index in [-0.39, 0.29) is 44.7 Å². The van der Waals surface area contributed by atoms with Gasteiger partial charge in [0.1, 0.15) is 34.6 Å². The SMILES string of the molecule is CCC1CCCN1C(=O)OC(C)(C)C.CCC1COC(C)(C)O1.CCc1cc(C)ccc1O.CCc1cc(F)ccc1O.CCc1ccc(C(F)(F)F)c(F)c1.CCc1cccc(C(F)(F)F)c1Cl.CCc1cccc2cc[nH]c12.CCc1cccn1Cc1ccccc1[N+](=O)[O-].CCc1cccn1S(=O)(=O)c1ccccc1.CCc1nccn1C. The second-order valence-corrected chi connectivity index (χ2v) is 31.7. The molecule has 6 heterocycles. The standard InChI is InChI=1S/C13H14N2O2.C12H13NO2S.C11H21NO2.C10H11N.C9H8ClF3.C9H8F4.C9H12O.C8H9FO.C7H14O2.C6H10N2/c1-2-12-7-5-9-14(12)10-11-6-3-4-8-13(11)15(16)17;1-2-11-7-6-10-13(11)16(14,15)12-8-4-3-5-9-12;1-5-9-7-6-8-12(9)10(13)14-11(2,3)4;1-2-8-4-3-5-9-6-7-11-10(8)9;1-2-6-4-3-5-7(8(6)10)9(11,12)13;1-2-6-3-4-7(8(10)5-6)9(11,12)13;1-3-8-6-7(2)4-5-9(8)10;1-2-6-5-7(9)3-4-8(6)10;1-4-6-5-8-7(2,3)9-6;1-3-6-7-4-5-8(6)2/h3-9H,2,10H2,1H3;3-10H,2H2,1H3;9H,5-8H2,1-4H3;3-7,11H,2H2,1H3;2*3-5H,2H2,1H3;4-6,10H,3H2,1-2H3;3-5,10H,2H2,1H3;6H,4-5H2,1-3H3;4-5H,3H2,1-2H3. The zero-order chi connectivity index (χ0) is 90.4. The molecular formula is C94H120ClF8N7O10S. The third-order valence-electron chi connectivity index (χ3n) is 19.1. The van der Waals surface area contributed by atoms with Crippen LogP contribution in [0.2, 0.25) is 5.02 Å². The van der Waals surface area contributed by atoms with E-state index >= 15 is 0 Å². The molecular weight excluding hydrogens is 1610 g/mol. The van der Waals surface area contributed by atoms with Crippen LogP contribution in [0, 0.1) is 28.7 Å². The van der Waals surface area contributed by atoms with E-state index in [4.69, 9.17) is 30.9 Å². The van der Waals surface area contributed by atoms with Crippen molar-refractivity contribution in [2.45, 2.75) is 235 Å². The number of nitro benzene ring substituents is 1. The molecule has 17 nitrogen and oxygen atoms in total. The number of likely N-dealkylation sites (tertiary alicyclic amines) is 1. The molecule has 2 unspecified atom stereocenters. The summed E-state index contributed by atoms with van der Waals surface area (Å²) < 4.78 is 144. The molecule has 660 valence electrons. The number of carbonyl (C=O) groups is 1. The quantitative estimate of drug-likeness (QED) is 0.0499. The Morgan fingerprint density at radius 1 is 0.645 bits per heavy atom. The van der Waals surface area contributed by atoms with E-state index in [9.17, 15) is 63.6 Å². The number of aromatic nitrogens is 5. The zero-order valence-electron chi connectivity index (χ0n) is 72.5. The smallest absolute Gasteiger partial charge is 0.419 e. The van der Waals surface area contributed by atoms with Crippen molar-refractivity contribution < 1.29 is 77.7 Å². The molecule has 0 radical (unpaired) electrons. The highest BCUT2D eigenvalue weighted by atomic mass is 35.5. The number of phenolic OH excluding ortho intramolecular Hbond substituents is 2. The van der Waals surface area contributed by atoms with E-state index in [0.29, 0.717) is 71.7 Å². The summed E-state index contributed by atoms with van der Waals surface area (Å²) in [5.41, 5.74) is 7.22. The maximum absolute atomic E-state index is 12.8. The number of carbonyl (C=O) groups excluding carboxylic acids is 1. The van der Waals surface area contributed by atoms with E-state index in [2.05, 4.69) is 68.9 Å². The largest absolute Gasteiger partial charge is 0.508 e. The molecule has 2 aliphatic heterocycles. The minimum absolute atomic E-state index is 0.151. The van der Waals surface area contributed by atoms with Crippen LogP contribution >= 0.6 is 11.6 Å². The summed E-state index contributed by atoms with van der Waals surface area (Å²) in [5, 5.41) is 30.3. The highest BCUT2D eigenvalue weighted by Gasteiger charge is 2.36. The van der Waals surface area contributed by atoms with Crippen molar-refractivity contribution in [3.05, 3.63) is 301 Å². The molecule has 121 heavy (non-hydrogen) atoms. The van der Waals surface area contributed by atoms with E-state index in [0.717, 1.165) is 105 Å². The molecule has 0 saturated carbocycles. The van der Waals surface area contributed by atoms with Crippen molar-refractivity contribution >= 4 is 44.3 Å². The first-order valence-electron chi connectivity index (χ1n) is 40.7. The predicted molar refractivity (Wildman–Crippen MR) is 467 cm³/mol. The molecule has 0 aliphatic carbocycles. The minimum Gasteiger partial charge on any atom is -0.508 e. The average Bonchev–Trinajstić information content (AvgIpc) is 1.74. The number of nitro groups is 1. The molecule has 4 aromatic heterocycles. The van der Waals surface area contributed by atoms with Gasteiger partial charge in [0.2, 0.25) is 0 Å². The van der Waals surface area contributed by atoms with Gasteiger partial charge in [-0.3, -0.25) is 10.1 Å². The summed E-state index contributed by atoms with van der Waals surface area (Å²) in [6.45, 7) is 33.7. The van der Waals surface area contributed by atoms with Crippen molar-refractivity contribution in [2.24, 2.45) is 7.05 Å². The Balaban J connectivity index is 0.000000284. The maximum Gasteiger partial charge on any atom is 0.419 e. The first-order chi connectivity index (χ1) is 57.1. The Labute approximate surface area is 713 Å². The van der Waals surface area contributed by atoms with Gasteiger partial charge in [-0.1, -0.05) is 171 Å². The number of phenols is 2. The summed E-state index contributed by atoms with van der Waals surface area (Å²) in [4.78, 5) is 31.8. The van der Waals surface area contributed by atoms with Crippen LogP contribution in [-0.2, 0) is 102 Å². The number of hydrogen-bond acceptors (Lipinski definition) is 11. The van der Waals surface area contributed by atoms with Crippen LogP contribution in [0.3, 0.4) is 0 Å². The van der Waals surface area contributed by atoms with Crippen LogP contribution in [0.5, 0.6) is 11.5 Å². The number of amides is 1. The fraction of sp³-hybridized carbons (Fsp3) is 0.404. The monoisotopic (exact) mass is 1730 g/mol. The van der Waals surface area contributed by atoms with Crippen LogP contribution in [0.1, 0.15) is 197 Å². The van der Waals surface area contributed by atoms with Crippen molar-refractivity contribution in [1.82, 2.24) is 28.0 Å². The molecule has 13 rings (SSSR count). The van der Waals surface area contributed by atoms with Gasteiger partial charge in [-0.05, 0) is 230 Å². The summed E-state index contributed by atoms with van der Waals surface area (Å²) in [5.74, 6) is -0.107. The number of para-hydroxylation sites is 2. The van der Waals surface area contributed by atoms with Gasteiger partial charge >= 0.3 is 18.4 Å². The number of aromatic hydroxyl groups is 2. The summed E-state index contributed by atoms with van der Waals surface area (Å²) in [6.07, 6.45) is 11.1. The van der Waals surface area contributed by atoms with Crippen molar-refractivity contribution in [1.29, 1.82) is 0 Å². The first kappa shape index (κ1) is 103. The van der Waals surface area contributed by atoms with Crippen molar-refractivity contribution in [3.63, 3.8) is 0 Å². The van der Waals surface area contributed by atoms with Gasteiger partial charge < -0.3 is 43.4 Å². The maximum atomic E-state index is 12.8. The van der Waals surface area contributed by atoms with E-state index in [1.54, 1.807) is 86.8 Å². The highest BCUT2D eigenvalue weighted by molar-refractivity contribution is 7.90. The summed E-state index contributed by atoms with van der Waals surface area (Å²) in [6, 6.07) is 48.4. The predicted octanol–water partition coefficient (Wildman–Crippen LogP) is 25.0. The van der Waals surface area contributed by atoms with E-state index in [1.165, 1.54) is 62.0 Å². The van der Waals surface area contributed by atoms with Crippen LogP contribution < -0.4 is 0 Å². The molecule has 11 aromatic rings. The Kier molecular flexibility index (Phi) is 42.8. The van der Waals surface area contributed by atoms with Gasteiger partial charge in [-0.15, -0.1) is 0 Å². The lowest BCUT2D eigenvalue weighted by atomic mass is 10.1. The number of imidazole rings is 1. The topological polar surface area (TPSA) is 209 Å². The van der Waals surface area contributed by atoms with Crippen LogP contribution in [-0.4, -0.2) is 94.3 Å². The van der Waals surface area contributed by atoms with Gasteiger partial charge in [-0.2, -0.15) is 26.3 Å². The fourth-order valence-corrected chi connectivity index (χ4v) is 14.3. The summed E-state index contributed by atoms with van der Waals surface area (Å²) in [7, 11) is -1.42. The van der Waals surface area contributed by atoms with Gasteiger partial charge in [-0.25, -0.2) is 30.9 Å².